The summed E-state index contributed by atoms with van der Waals surface area (Å²) in [5.74, 6) is 6.25. The number of nitrogens with one attached hydrogen (secondary N) is 1. The van der Waals surface area contributed by atoms with E-state index >= 15 is 0 Å². The summed E-state index contributed by atoms with van der Waals surface area (Å²) in [6.45, 7) is 0.508. The number of hydrogen-bond acceptors (Lipinski definition) is 4. The third-order valence-corrected chi connectivity index (χ3v) is 6.64. The van der Waals surface area contributed by atoms with Gasteiger partial charge >= 0.3 is 0 Å². The minimum atomic E-state index is -0.419. The fourth-order valence-corrected chi connectivity index (χ4v) is 4.96. The third kappa shape index (κ3) is 4.01. The molecule has 3 aromatic rings. The zero-order chi connectivity index (χ0) is 20.7. The van der Waals surface area contributed by atoms with Gasteiger partial charge in [0.15, 0.2) is 0 Å². The molecule has 1 aliphatic heterocycles. The van der Waals surface area contributed by atoms with E-state index in [1.807, 2.05) is 12.1 Å². The van der Waals surface area contributed by atoms with Crippen LogP contribution in [0.3, 0.4) is 0 Å². The van der Waals surface area contributed by atoms with Crippen LogP contribution in [0.25, 0.3) is 10.9 Å². The normalized spacial score (nSPS) is 24.4. The van der Waals surface area contributed by atoms with Crippen LogP contribution in [-0.4, -0.2) is 28.4 Å². The maximum absolute atomic E-state index is 10.4. The Morgan fingerprint density at radius 2 is 1.93 bits per heavy atom. The second-order valence-electron chi connectivity index (χ2n) is 8.63. The van der Waals surface area contributed by atoms with E-state index in [1.165, 1.54) is 29.5 Å². The van der Waals surface area contributed by atoms with Crippen molar-refractivity contribution in [1.82, 2.24) is 9.99 Å². The Hall–Kier alpha value is -1.89. The van der Waals surface area contributed by atoms with Crippen molar-refractivity contribution >= 4 is 22.5 Å². The predicted octanol–water partition coefficient (Wildman–Crippen LogP) is 4.26. The molecule has 2 fully saturated rings. The Bertz CT molecular complexity index is 1030. The van der Waals surface area contributed by atoms with Crippen LogP contribution in [-0.2, 0) is 11.2 Å². The van der Waals surface area contributed by atoms with Gasteiger partial charge < -0.3 is 14.4 Å². The quantitative estimate of drug-likeness (QED) is 0.407. The van der Waals surface area contributed by atoms with E-state index in [-0.39, 0.29) is 12.3 Å². The van der Waals surface area contributed by atoms with E-state index < -0.39 is 6.10 Å². The lowest BCUT2D eigenvalue weighted by atomic mass is 10.0. The van der Waals surface area contributed by atoms with Gasteiger partial charge in [0, 0.05) is 31.0 Å². The zero-order valence-electron chi connectivity index (χ0n) is 16.9. The molecule has 3 atom stereocenters. The van der Waals surface area contributed by atoms with E-state index in [0.29, 0.717) is 19.4 Å². The van der Waals surface area contributed by atoms with Gasteiger partial charge in [-0.05, 0) is 54.0 Å². The first kappa shape index (κ1) is 20.0. The Balaban J connectivity index is 1.48. The molecule has 1 saturated carbocycles. The molecule has 5 rings (SSSR count). The van der Waals surface area contributed by atoms with Crippen molar-refractivity contribution in [3.05, 3.63) is 70.4 Å². The average molecular weight is 426 g/mol. The molecule has 0 amide bonds. The summed E-state index contributed by atoms with van der Waals surface area (Å²) < 4.78 is 8.39. The van der Waals surface area contributed by atoms with E-state index in [9.17, 15) is 5.11 Å². The number of hydrazine groups is 1. The van der Waals surface area contributed by atoms with Crippen LogP contribution in [0, 0.1) is 0 Å². The molecule has 0 radical (unpaired) electrons. The lowest BCUT2D eigenvalue weighted by molar-refractivity contribution is -0.125. The van der Waals surface area contributed by atoms with Crippen molar-refractivity contribution in [2.75, 3.05) is 6.54 Å². The number of aliphatic hydroxyl groups excluding tert-OH is 1. The van der Waals surface area contributed by atoms with Crippen LogP contribution in [0.15, 0.2) is 48.7 Å². The first-order valence-electron chi connectivity index (χ1n) is 10.8. The first-order chi connectivity index (χ1) is 14.6. The number of aliphatic hydroxyl groups is 1. The minimum Gasteiger partial charge on any atom is -0.393 e. The van der Waals surface area contributed by atoms with Crippen molar-refractivity contribution < 1.29 is 9.84 Å². The average Bonchev–Trinajstić information content (AvgIpc) is 3.51. The Morgan fingerprint density at radius 1 is 1.13 bits per heavy atom. The van der Waals surface area contributed by atoms with Gasteiger partial charge in [-0.1, -0.05) is 41.9 Å². The van der Waals surface area contributed by atoms with Crippen LogP contribution in [0.5, 0.6) is 0 Å². The van der Waals surface area contributed by atoms with Crippen molar-refractivity contribution in [3.8, 4) is 0 Å². The van der Waals surface area contributed by atoms with Gasteiger partial charge in [0.05, 0.1) is 22.7 Å². The van der Waals surface area contributed by atoms with Gasteiger partial charge in [-0.25, -0.2) is 0 Å². The number of benzene rings is 2. The number of rotatable bonds is 6. The highest BCUT2D eigenvalue weighted by Gasteiger charge is 2.30. The molecular weight excluding hydrogens is 398 g/mol. The van der Waals surface area contributed by atoms with Crippen LogP contribution >= 0.6 is 11.6 Å². The zero-order valence-corrected chi connectivity index (χ0v) is 17.7. The Kier molecular flexibility index (Phi) is 5.56. The monoisotopic (exact) mass is 425 g/mol. The summed E-state index contributed by atoms with van der Waals surface area (Å²) in [5, 5.41) is 12.2. The molecule has 30 heavy (non-hydrogen) atoms. The van der Waals surface area contributed by atoms with Gasteiger partial charge in [0.1, 0.15) is 6.23 Å². The molecule has 6 heteroatoms. The third-order valence-electron chi connectivity index (χ3n) is 6.32. The van der Waals surface area contributed by atoms with Crippen molar-refractivity contribution in [1.29, 1.82) is 0 Å². The van der Waals surface area contributed by atoms with Crippen LogP contribution in [0.4, 0.5) is 0 Å². The molecular formula is C24H28ClN3O2. The number of nitrogens with zero attached hydrogens (tertiary/aromatic N) is 1. The summed E-state index contributed by atoms with van der Waals surface area (Å²) in [6.07, 6.45) is 5.91. The molecule has 2 aliphatic rings. The summed E-state index contributed by atoms with van der Waals surface area (Å²) in [6, 6.07) is 15.0. The van der Waals surface area contributed by atoms with Gasteiger partial charge in [-0.2, -0.15) is 0 Å². The second-order valence-corrected chi connectivity index (χ2v) is 9.04. The molecule has 0 spiro atoms. The number of aromatic nitrogens is 1. The standard InChI is InChI=1S/C24H28ClN3O2/c25-21-2-1-3-22-24(21)18(10-15-4-6-16(7-5-15)17-8-9-17)14-28(22)23-12-19(29)11-20(30-23)13-27-26/h1-7,14,17,19-20,23,27,29H,8-13,26H2. The molecule has 5 nitrogen and oxygen atoms in total. The maximum Gasteiger partial charge on any atom is 0.136 e. The van der Waals surface area contributed by atoms with E-state index in [1.54, 1.807) is 0 Å². The SMILES string of the molecule is NNCC1CC(O)CC(n2cc(Cc3ccc(C4CC4)cc3)c3c(Cl)cccc32)O1. The molecule has 158 valence electrons. The van der Waals surface area contributed by atoms with E-state index in [2.05, 4.69) is 46.5 Å². The minimum absolute atomic E-state index is 0.126. The number of halogens is 1. The highest BCUT2D eigenvalue weighted by Crippen LogP contribution is 2.40. The van der Waals surface area contributed by atoms with Crippen LogP contribution in [0.2, 0.25) is 5.02 Å². The molecule has 1 aliphatic carbocycles. The second kappa shape index (κ2) is 8.33. The number of hydrogen-bond donors (Lipinski definition) is 3. The number of ether oxygens (including phenoxy) is 1. The van der Waals surface area contributed by atoms with E-state index in [0.717, 1.165) is 28.3 Å². The van der Waals surface area contributed by atoms with Crippen LogP contribution in [0.1, 0.15) is 54.5 Å². The van der Waals surface area contributed by atoms with Crippen molar-refractivity contribution in [2.45, 2.75) is 56.5 Å². The molecule has 2 aromatic carbocycles. The molecule has 0 bridgehead atoms. The van der Waals surface area contributed by atoms with Gasteiger partial charge in [0.25, 0.3) is 0 Å². The van der Waals surface area contributed by atoms with Gasteiger partial charge in [-0.3, -0.25) is 11.3 Å². The smallest absolute Gasteiger partial charge is 0.136 e. The summed E-state index contributed by atoms with van der Waals surface area (Å²) in [4.78, 5) is 0. The Morgan fingerprint density at radius 3 is 2.67 bits per heavy atom. The van der Waals surface area contributed by atoms with Gasteiger partial charge in [0.2, 0.25) is 0 Å². The highest BCUT2D eigenvalue weighted by molar-refractivity contribution is 6.35. The topological polar surface area (TPSA) is 72.4 Å². The molecule has 4 N–H and O–H groups in total. The predicted molar refractivity (Wildman–Crippen MR) is 120 cm³/mol. The van der Waals surface area contributed by atoms with Crippen molar-refractivity contribution in [3.63, 3.8) is 0 Å². The first-order valence-corrected chi connectivity index (χ1v) is 11.1. The Labute approximate surface area is 181 Å². The molecule has 2 heterocycles. The fourth-order valence-electron chi connectivity index (χ4n) is 4.67. The molecule has 1 aromatic heterocycles. The summed E-state index contributed by atoms with van der Waals surface area (Å²) >= 11 is 6.63. The molecule has 1 saturated heterocycles. The number of fused-ring (bicyclic) bond motifs is 1. The summed E-state index contributed by atoms with van der Waals surface area (Å²) in [7, 11) is 0. The lowest BCUT2D eigenvalue weighted by Gasteiger charge is -2.34. The maximum atomic E-state index is 10.4. The fraction of sp³-hybridized carbons (Fsp3) is 0.417. The van der Waals surface area contributed by atoms with E-state index in [4.69, 9.17) is 22.2 Å². The van der Waals surface area contributed by atoms with Crippen molar-refractivity contribution in [2.24, 2.45) is 5.84 Å². The lowest BCUT2D eigenvalue weighted by Crippen LogP contribution is -2.41. The largest absolute Gasteiger partial charge is 0.393 e. The van der Waals surface area contributed by atoms with Gasteiger partial charge in [-0.15, -0.1) is 0 Å². The highest BCUT2D eigenvalue weighted by atomic mass is 35.5. The summed E-state index contributed by atoms with van der Waals surface area (Å²) in [5.41, 5.74) is 7.59. The number of nitrogens with two attached hydrogens (primary N) is 1. The molecule has 3 unspecified atom stereocenters. The van der Waals surface area contributed by atoms with Crippen LogP contribution < -0.4 is 11.3 Å².